The number of rotatable bonds is 6. The number of nitrogens with two attached hydrogens (primary N) is 1. The zero-order chi connectivity index (χ0) is 12.7. The molecule has 0 aliphatic rings. The lowest BCUT2D eigenvalue weighted by Gasteiger charge is -2.11. The molecular formula is C13H20N2OS. The molecule has 0 saturated heterocycles. The second-order valence-electron chi connectivity index (χ2n) is 3.96. The van der Waals surface area contributed by atoms with Gasteiger partial charge in [-0.25, -0.2) is 0 Å². The van der Waals surface area contributed by atoms with E-state index in [4.69, 9.17) is 5.73 Å². The third-order valence-corrected chi connectivity index (χ3v) is 3.31. The van der Waals surface area contributed by atoms with Gasteiger partial charge in [0, 0.05) is 11.4 Å². The van der Waals surface area contributed by atoms with Crippen molar-refractivity contribution in [3.63, 3.8) is 0 Å². The van der Waals surface area contributed by atoms with Crippen molar-refractivity contribution < 1.29 is 4.79 Å². The Morgan fingerprint density at radius 1 is 1.41 bits per heavy atom. The van der Waals surface area contributed by atoms with E-state index in [1.807, 2.05) is 25.3 Å². The minimum atomic E-state index is -0.384. The molecule has 0 saturated carbocycles. The Bertz CT molecular complexity index is 351. The predicted octanol–water partition coefficient (Wildman–Crippen LogP) is 2.15. The molecule has 1 amide bonds. The van der Waals surface area contributed by atoms with Gasteiger partial charge in [-0.1, -0.05) is 25.5 Å². The zero-order valence-corrected chi connectivity index (χ0v) is 11.2. The first-order valence-corrected chi connectivity index (χ1v) is 7.06. The molecular weight excluding hydrogens is 232 g/mol. The van der Waals surface area contributed by atoms with Gasteiger partial charge in [0.05, 0.1) is 6.04 Å². The molecule has 0 radical (unpaired) electrons. The summed E-state index contributed by atoms with van der Waals surface area (Å²) < 4.78 is 0. The van der Waals surface area contributed by atoms with Crippen LogP contribution in [0.3, 0.4) is 0 Å². The number of benzene rings is 1. The smallest absolute Gasteiger partial charge is 0.237 e. The number of thioether (sulfide) groups is 1. The Labute approximate surface area is 107 Å². The van der Waals surface area contributed by atoms with Crippen LogP contribution in [-0.4, -0.2) is 18.2 Å². The standard InChI is InChI=1S/C13H20N2OS/c1-3-4-12(14)13(16)15-9-10-5-7-11(17-2)8-6-10/h5-8,12H,3-4,9,14H2,1-2H3,(H,15,16). The molecule has 1 unspecified atom stereocenters. The van der Waals surface area contributed by atoms with Crippen LogP contribution in [0.4, 0.5) is 0 Å². The third kappa shape index (κ3) is 4.79. The highest BCUT2D eigenvalue weighted by Gasteiger charge is 2.11. The van der Waals surface area contributed by atoms with Crippen molar-refractivity contribution >= 4 is 17.7 Å². The Morgan fingerprint density at radius 3 is 2.59 bits per heavy atom. The van der Waals surface area contributed by atoms with Crippen LogP contribution in [0.1, 0.15) is 25.3 Å². The highest BCUT2D eigenvalue weighted by atomic mass is 32.2. The minimum absolute atomic E-state index is 0.0687. The first kappa shape index (κ1) is 14.1. The van der Waals surface area contributed by atoms with Gasteiger partial charge < -0.3 is 11.1 Å². The van der Waals surface area contributed by atoms with Crippen LogP contribution >= 0.6 is 11.8 Å². The normalized spacial score (nSPS) is 12.2. The summed E-state index contributed by atoms with van der Waals surface area (Å²) in [7, 11) is 0. The maximum Gasteiger partial charge on any atom is 0.237 e. The third-order valence-electron chi connectivity index (χ3n) is 2.56. The molecule has 0 aliphatic heterocycles. The van der Waals surface area contributed by atoms with Gasteiger partial charge in [-0.15, -0.1) is 11.8 Å². The monoisotopic (exact) mass is 252 g/mol. The molecule has 0 spiro atoms. The van der Waals surface area contributed by atoms with Gasteiger partial charge in [-0.3, -0.25) is 4.79 Å². The van der Waals surface area contributed by atoms with Gasteiger partial charge in [0.1, 0.15) is 0 Å². The van der Waals surface area contributed by atoms with E-state index >= 15 is 0 Å². The highest BCUT2D eigenvalue weighted by Crippen LogP contribution is 2.14. The second-order valence-corrected chi connectivity index (χ2v) is 4.84. The summed E-state index contributed by atoms with van der Waals surface area (Å²) >= 11 is 1.71. The van der Waals surface area contributed by atoms with Crippen molar-refractivity contribution in [2.75, 3.05) is 6.26 Å². The maximum absolute atomic E-state index is 11.6. The van der Waals surface area contributed by atoms with Crippen LogP contribution in [0.5, 0.6) is 0 Å². The maximum atomic E-state index is 11.6. The van der Waals surface area contributed by atoms with Crippen molar-refractivity contribution in [3.05, 3.63) is 29.8 Å². The van der Waals surface area contributed by atoms with Gasteiger partial charge in [-0.2, -0.15) is 0 Å². The van der Waals surface area contributed by atoms with E-state index in [1.54, 1.807) is 11.8 Å². The number of hydrogen-bond donors (Lipinski definition) is 2. The van der Waals surface area contributed by atoms with Crippen molar-refractivity contribution in [2.45, 2.75) is 37.2 Å². The summed E-state index contributed by atoms with van der Waals surface area (Å²) in [6, 6.07) is 7.77. The Balaban J connectivity index is 2.41. The van der Waals surface area contributed by atoms with E-state index < -0.39 is 0 Å². The molecule has 0 fully saturated rings. The lowest BCUT2D eigenvalue weighted by Crippen LogP contribution is -2.40. The Kier molecular flexibility index (Phi) is 6.08. The first-order valence-electron chi connectivity index (χ1n) is 5.83. The Morgan fingerprint density at radius 2 is 2.06 bits per heavy atom. The van der Waals surface area contributed by atoms with E-state index in [0.717, 1.165) is 18.4 Å². The molecule has 0 heterocycles. The van der Waals surface area contributed by atoms with E-state index in [1.165, 1.54) is 4.90 Å². The summed E-state index contributed by atoms with van der Waals surface area (Å²) in [5.41, 5.74) is 6.82. The van der Waals surface area contributed by atoms with E-state index in [9.17, 15) is 4.79 Å². The van der Waals surface area contributed by atoms with Gasteiger partial charge in [0.25, 0.3) is 0 Å². The largest absolute Gasteiger partial charge is 0.351 e. The zero-order valence-electron chi connectivity index (χ0n) is 10.4. The summed E-state index contributed by atoms with van der Waals surface area (Å²) in [6.07, 6.45) is 3.70. The van der Waals surface area contributed by atoms with Crippen LogP contribution < -0.4 is 11.1 Å². The van der Waals surface area contributed by atoms with Crippen LogP contribution in [-0.2, 0) is 11.3 Å². The molecule has 17 heavy (non-hydrogen) atoms. The van der Waals surface area contributed by atoms with E-state index in [0.29, 0.717) is 6.54 Å². The van der Waals surface area contributed by atoms with Crippen LogP contribution in [0.25, 0.3) is 0 Å². The van der Waals surface area contributed by atoms with Gasteiger partial charge in [0.2, 0.25) is 5.91 Å². The lowest BCUT2D eigenvalue weighted by molar-refractivity contribution is -0.122. The first-order chi connectivity index (χ1) is 8.17. The number of nitrogens with one attached hydrogen (secondary N) is 1. The van der Waals surface area contributed by atoms with E-state index in [2.05, 4.69) is 17.4 Å². The molecule has 1 aromatic carbocycles. The van der Waals surface area contributed by atoms with Gasteiger partial charge in [0.15, 0.2) is 0 Å². The fourth-order valence-corrected chi connectivity index (χ4v) is 1.91. The predicted molar refractivity (Wildman–Crippen MR) is 73.0 cm³/mol. The van der Waals surface area contributed by atoms with Gasteiger partial charge in [-0.05, 0) is 30.4 Å². The fraction of sp³-hybridized carbons (Fsp3) is 0.462. The van der Waals surface area contributed by atoms with Crippen molar-refractivity contribution in [1.82, 2.24) is 5.32 Å². The van der Waals surface area contributed by atoms with Crippen molar-refractivity contribution in [1.29, 1.82) is 0 Å². The van der Waals surface area contributed by atoms with Crippen molar-refractivity contribution in [2.24, 2.45) is 5.73 Å². The molecule has 3 N–H and O–H groups in total. The number of amides is 1. The van der Waals surface area contributed by atoms with Crippen molar-refractivity contribution in [3.8, 4) is 0 Å². The van der Waals surface area contributed by atoms with Crippen LogP contribution in [0.15, 0.2) is 29.2 Å². The average molecular weight is 252 g/mol. The molecule has 0 aliphatic carbocycles. The number of carbonyl (C=O) groups is 1. The molecule has 4 heteroatoms. The summed E-state index contributed by atoms with van der Waals surface area (Å²) in [6.45, 7) is 2.57. The van der Waals surface area contributed by atoms with Crippen LogP contribution in [0, 0.1) is 0 Å². The Hall–Kier alpha value is -1.00. The molecule has 1 atom stereocenters. The molecule has 0 bridgehead atoms. The molecule has 1 aromatic rings. The average Bonchev–Trinajstić information content (AvgIpc) is 2.36. The number of hydrogen-bond acceptors (Lipinski definition) is 3. The summed E-state index contributed by atoms with van der Waals surface area (Å²) in [5, 5.41) is 2.85. The highest BCUT2D eigenvalue weighted by molar-refractivity contribution is 7.98. The summed E-state index contributed by atoms with van der Waals surface area (Å²) in [4.78, 5) is 12.8. The van der Waals surface area contributed by atoms with E-state index in [-0.39, 0.29) is 11.9 Å². The molecule has 0 aromatic heterocycles. The number of carbonyl (C=O) groups excluding carboxylic acids is 1. The summed E-state index contributed by atoms with van der Waals surface area (Å²) in [5.74, 6) is -0.0687. The quantitative estimate of drug-likeness (QED) is 0.763. The van der Waals surface area contributed by atoms with Gasteiger partial charge >= 0.3 is 0 Å². The minimum Gasteiger partial charge on any atom is -0.351 e. The topological polar surface area (TPSA) is 55.1 Å². The fourth-order valence-electron chi connectivity index (χ4n) is 1.51. The molecule has 3 nitrogen and oxygen atoms in total. The SMILES string of the molecule is CCCC(N)C(=O)NCc1ccc(SC)cc1. The molecule has 94 valence electrons. The lowest BCUT2D eigenvalue weighted by atomic mass is 10.1. The van der Waals surface area contributed by atoms with Crippen LogP contribution in [0.2, 0.25) is 0 Å². The second kappa shape index (κ2) is 7.35. The molecule has 1 rings (SSSR count).